The van der Waals surface area contributed by atoms with Crippen molar-refractivity contribution < 1.29 is 5.11 Å². The molecule has 0 saturated heterocycles. The van der Waals surface area contributed by atoms with Gasteiger partial charge in [0.2, 0.25) is 0 Å². The molecule has 0 amide bonds. The van der Waals surface area contributed by atoms with Crippen LogP contribution in [0.5, 0.6) is 0 Å². The SMILES string of the molecule is OCc1ccc(Sc2cnccn2)nc1. The summed E-state index contributed by atoms with van der Waals surface area (Å²) < 4.78 is 0. The lowest BCUT2D eigenvalue weighted by Gasteiger charge is -1.99. The van der Waals surface area contributed by atoms with Crippen molar-refractivity contribution in [3.8, 4) is 0 Å². The Morgan fingerprint density at radius 3 is 2.60 bits per heavy atom. The molecular formula is C10H9N3OS. The van der Waals surface area contributed by atoms with Crippen molar-refractivity contribution in [2.24, 2.45) is 0 Å². The van der Waals surface area contributed by atoms with Crippen molar-refractivity contribution >= 4 is 11.8 Å². The summed E-state index contributed by atoms with van der Waals surface area (Å²) in [6.45, 7) is 0.0170. The Labute approximate surface area is 91.4 Å². The van der Waals surface area contributed by atoms with Crippen LogP contribution >= 0.6 is 11.8 Å². The van der Waals surface area contributed by atoms with E-state index in [4.69, 9.17) is 5.11 Å². The minimum absolute atomic E-state index is 0.0170. The summed E-state index contributed by atoms with van der Waals surface area (Å²) in [5.41, 5.74) is 0.804. The van der Waals surface area contributed by atoms with Gasteiger partial charge in [0.05, 0.1) is 12.8 Å². The molecule has 0 radical (unpaired) electrons. The molecule has 0 aliphatic heterocycles. The van der Waals surface area contributed by atoms with E-state index in [9.17, 15) is 0 Å². The maximum absolute atomic E-state index is 8.85. The van der Waals surface area contributed by atoms with E-state index in [0.717, 1.165) is 15.6 Å². The molecule has 2 aromatic heterocycles. The standard InChI is InChI=1S/C10H9N3OS/c14-7-8-1-2-9(13-5-8)15-10-6-11-3-4-12-10/h1-6,14H,7H2. The molecule has 1 N–H and O–H groups in total. The minimum atomic E-state index is 0.0170. The lowest BCUT2D eigenvalue weighted by molar-refractivity contribution is 0.281. The molecule has 0 unspecified atom stereocenters. The Kier molecular flexibility index (Phi) is 3.26. The molecule has 2 aromatic rings. The quantitative estimate of drug-likeness (QED) is 0.848. The molecule has 0 aliphatic rings. The van der Waals surface area contributed by atoms with Crippen LogP contribution in [0.15, 0.2) is 47.0 Å². The van der Waals surface area contributed by atoms with Gasteiger partial charge in [0.1, 0.15) is 10.1 Å². The van der Waals surface area contributed by atoms with Crippen LogP contribution in [0.3, 0.4) is 0 Å². The van der Waals surface area contributed by atoms with E-state index in [-0.39, 0.29) is 6.61 Å². The summed E-state index contributed by atoms with van der Waals surface area (Å²) in [5.74, 6) is 0. The number of nitrogens with zero attached hydrogens (tertiary/aromatic N) is 3. The van der Waals surface area contributed by atoms with Crippen LogP contribution in [0.1, 0.15) is 5.56 Å². The van der Waals surface area contributed by atoms with E-state index in [1.165, 1.54) is 11.8 Å². The fourth-order valence-electron chi connectivity index (χ4n) is 1.01. The summed E-state index contributed by atoms with van der Waals surface area (Å²) in [4.78, 5) is 12.3. The third-order valence-corrected chi connectivity index (χ3v) is 2.60. The van der Waals surface area contributed by atoms with Crippen LogP contribution in [-0.4, -0.2) is 20.1 Å². The van der Waals surface area contributed by atoms with Crippen LogP contribution in [0.2, 0.25) is 0 Å². The topological polar surface area (TPSA) is 58.9 Å². The van der Waals surface area contributed by atoms with Crippen LogP contribution < -0.4 is 0 Å². The maximum atomic E-state index is 8.85. The van der Waals surface area contributed by atoms with Gasteiger partial charge in [0, 0.05) is 18.6 Å². The zero-order chi connectivity index (χ0) is 10.5. The molecule has 0 bridgehead atoms. The van der Waals surface area contributed by atoms with E-state index in [1.807, 2.05) is 12.1 Å². The van der Waals surface area contributed by atoms with E-state index >= 15 is 0 Å². The zero-order valence-electron chi connectivity index (χ0n) is 7.87. The molecule has 0 fully saturated rings. The van der Waals surface area contributed by atoms with Crippen LogP contribution in [-0.2, 0) is 6.61 Å². The second-order valence-corrected chi connectivity index (χ2v) is 3.85. The van der Waals surface area contributed by atoms with Gasteiger partial charge in [0.15, 0.2) is 0 Å². The molecule has 2 rings (SSSR count). The van der Waals surface area contributed by atoms with Gasteiger partial charge in [-0.05, 0) is 23.4 Å². The second-order valence-electron chi connectivity index (χ2n) is 2.81. The van der Waals surface area contributed by atoms with E-state index in [2.05, 4.69) is 15.0 Å². The molecule has 76 valence electrons. The Morgan fingerprint density at radius 2 is 2.00 bits per heavy atom. The van der Waals surface area contributed by atoms with Crippen molar-refractivity contribution in [2.75, 3.05) is 0 Å². The van der Waals surface area contributed by atoms with Gasteiger partial charge in [0.25, 0.3) is 0 Å². The lowest BCUT2D eigenvalue weighted by Crippen LogP contribution is -1.87. The molecule has 0 atom stereocenters. The first-order chi connectivity index (χ1) is 7.38. The molecule has 4 nitrogen and oxygen atoms in total. The minimum Gasteiger partial charge on any atom is -0.392 e. The number of rotatable bonds is 3. The number of aliphatic hydroxyl groups is 1. The summed E-state index contributed by atoms with van der Waals surface area (Å²) in [6, 6.07) is 3.69. The van der Waals surface area contributed by atoms with Crippen LogP contribution in [0.25, 0.3) is 0 Å². The molecule has 0 spiro atoms. The lowest BCUT2D eigenvalue weighted by atomic mass is 10.3. The predicted molar refractivity (Wildman–Crippen MR) is 56.3 cm³/mol. The molecule has 5 heteroatoms. The number of pyridine rings is 1. The van der Waals surface area contributed by atoms with Gasteiger partial charge in [-0.1, -0.05) is 6.07 Å². The highest BCUT2D eigenvalue weighted by molar-refractivity contribution is 7.99. The number of hydrogen-bond donors (Lipinski definition) is 1. The first kappa shape index (κ1) is 10.1. The fraction of sp³-hybridized carbons (Fsp3) is 0.100. The largest absolute Gasteiger partial charge is 0.392 e. The highest BCUT2D eigenvalue weighted by Gasteiger charge is 1.99. The van der Waals surface area contributed by atoms with Gasteiger partial charge in [-0.25, -0.2) is 9.97 Å². The number of aromatic nitrogens is 3. The van der Waals surface area contributed by atoms with Gasteiger partial charge < -0.3 is 5.11 Å². The van der Waals surface area contributed by atoms with Crippen molar-refractivity contribution in [1.82, 2.24) is 15.0 Å². The average Bonchev–Trinajstić information content (AvgIpc) is 2.31. The van der Waals surface area contributed by atoms with E-state index in [1.54, 1.807) is 24.8 Å². The molecule has 0 saturated carbocycles. The number of hydrogen-bond acceptors (Lipinski definition) is 5. The Morgan fingerprint density at radius 1 is 1.07 bits per heavy atom. The summed E-state index contributed by atoms with van der Waals surface area (Å²) in [5, 5.41) is 10.5. The normalized spacial score (nSPS) is 10.2. The first-order valence-electron chi connectivity index (χ1n) is 4.38. The maximum Gasteiger partial charge on any atom is 0.121 e. The van der Waals surface area contributed by atoms with E-state index < -0.39 is 0 Å². The smallest absolute Gasteiger partial charge is 0.121 e. The van der Waals surface area contributed by atoms with Crippen molar-refractivity contribution in [1.29, 1.82) is 0 Å². The molecular weight excluding hydrogens is 210 g/mol. The summed E-state index contributed by atoms with van der Waals surface area (Å²) in [7, 11) is 0. The summed E-state index contributed by atoms with van der Waals surface area (Å²) in [6.07, 6.45) is 6.61. The monoisotopic (exact) mass is 219 g/mol. The molecule has 0 aliphatic carbocycles. The average molecular weight is 219 g/mol. The van der Waals surface area contributed by atoms with Crippen molar-refractivity contribution in [2.45, 2.75) is 16.7 Å². The third-order valence-electron chi connectivity index (χ3n) is 1.73. The van der Waals surface area contributed by atoms with Crippen LogP contribution in [0.4, 0.5) is 0 Å². The third kappa shape index (κ3) is 2.74. The molecule has 2 heterocycles. The highest BCUT2D eigenvalue weighted by Crippen LogP contribution is 2.22. The van der Waals surface area contributed by atoms with E-state index in [0.29, 0.717) is 0 Å². The zero-order valence-corrected chi connectivity index (χ0v) is 8.68. The van der Waals surface area contributed by atoms with Gasteiger partial charge >= 0.3 is 0 Å². The van der Waals surface area contributed by atoms with Crippen molar-refractivity contribution in [3.05, 3.63) is 42.5 Å². The van der Waals surface area contributed by atoms with Gasteiger partial charge in [-0.15, -0.1) is 0 Å². The Bertz CT molecular complexity index is 418. The molecule has 15 heavy (non-hydrogen) atoms. The predicted octanol–water partition coefficient (Wildman–Crippen LogP) is 1.52. The second kappa shape index (κ2) is 4.86. The fourth-order valence-corrected chi connectivity index (χ4v) is 1.69. The number of aliphatic hydroxyl groups excluding tert-OH is 1. The first-order valence-corrected chi connectivity index (χ1v) is 5.20. The van der Waals surface area contributed by atoms with Crippen molar-refractivity contribution in [3.63, 3.8) is 0 Å². The Hall–Kier alpha value is -1.46. The summed E-state index contributed by atoms with van der Waals surface area (Å²) >= 11 is 1.44. The Balaban J connectivity index is 2.11. The van der Waals surface area contributed by atoms with Gasteiger partial charge in [-0.2, -0.15) is 0 Å². The van der Waals surface area contributed by atoms with Gasteiger partial charge in [-0.3, -0.25) is 4.98 Å². The highest BCUT2D eigenvalue weighted by atomic mass is 32.2. The van der Waals surface area contributed by atoms with Crippen LogP contribution in [0, 0.1) is 0 Å². The molecule has 0 aromatic carbocycles.